The van der Waals surface area contributed by atoms with Crippen molar-refractivity contribution in [1.29, 1.82) is 10.5 Å². The number of carbonyl (C=O) groups excluding carboxylic acids is 1. The monoisotopic (exact) mass is 448 g/mol. The third kappa shape index (κ3) is 4.36. The summed E-state index contributed by atoms with van der Waals surface area (Å²) in [5.74, 6) is -0.301. The highest BCUT2D eigenvalue weighted by Gasteiger charge is 2.22. The number of carbonyl (C=O) groups is 1. The topological polar surface area (TPSA) is 135 Å². The van der Waals surface area contributed by atoms with Gasteiger partial charge in [0.15, 0.2) is 5.16 Å². The minimum absolute atomic E-state index is 0.00520. The van der Waals surface area contributed by atoms with Gasteiger partial charge in [0.05, 0.1) is 17.0 Å². The first kappa shape index (κ1) is 20.8. The second kappa shape index (κ2) is 9.13. The van der Waals surface area contributed by atoms with E-state index in [1.54, 1.807) is 18.3 Å². The van der Waals surface area contributed by atoms with E-state index in [0.29, 0.717) is 16.1 Å². The normalized spacial score (nSPS) is 12.5. The van der Waals surface area contributed by atoms with Gasteiger partial charge in [-0.15, -0.1) is 11.3 Å². The summed E-state index contributed by atoms with van der Waals surface area (Å²) in [5, 5.41) is 22.5. The predicted octanol–water partition coefficient (Wildman–Crippen LogP) is 3.25. The molecular weight excluding hydrogens is 432 g/mol. The summed E-state index contributed by atoms with van der Waals surface area (Å²) in [4.78, 5) is 36.9. The van der Waals surface area contributed by atoms with Crippen LogP contribution in [0.4, 0.5) is 5.00 Å². The van der Waals surface area contributed by atoms with Crippen molar-refractivity contribution in [1.82, 2.24) is 15.0 Å². The smallest absolute Gasteiger partial charge is 0.270 e. The Labute approximate surface area is 186 Å². The second-order valence-electron chi connectivity index (χ2n) is 6.81. The fourth-order valence-electron chi connectivity index (χ4n) is 3.41. The number of H-pyrrole nitrogens is 1. The minimum atomic E-state index is -0.572. The van der Waals surface area contributed by atoms with Crippen LogP contribution >= 0.6 is 23.1 Å². The minimum Gasteiger partial charge on any atom is -0.316 e. The summed E-state index contributed by atoms with van der Waals surface area (Å²) < 4.78 is 0. The van der Waals surface area contributed by atoms with E-state index in [9.17, 15) is 20.1 Å². The van der Waals surface area contributed by atoms with Crippen LogP contribution in [0.2, 0.25) is 0 Å². The average molecular weight is 449 g/mol. The molecule has 31 heavy (non-hydrogen) atoms. The van der Waals surface area contributed by atoms with Gasteiger partial charge in [0.2, 0.25) is 5.91 Å². The molecule has 0 fully saturated rings. The van der Waals surface area contributed by atoms with E-state index in [2.05, 4.69) is 26.3 Å². The SMILES string of the molecule is N#Cc1c(NC(=O)CSc2nc(-c3cccnc3)c(C#N)c(=O)[nH]2)sc2c1CCCC2. The summed E-state index contributed by atoms with van der Waals surface area (Å²) in [5.41, 5.74) is 1.70. The van der Waals surface area contributed by atoms with Gasteiger partial charge in [-0.1, -0.05) is 11.8 Å². The molecule has 4 rings (SSSR count). The highest BCUT2D eigenvalue weighted by molar-refractivity contribution is 7.99. The molecule has 3 aromatic heterocycles. The quantitative estimate of drug-likeness (QED) is 0.452. The summed E-state index contributed by atoms with van der Waals surface area (Å²) >= 11 is 2.51. The molecule has 0 aliphatic heterocycles. The van der Waals surface area contributed by atoms with Crippen molar-refractivity contribution >= 4 is 34.0 Å². The zero-order valence-corrected chi connectivity index (χ0v) is 17.9. The fraction of sp³-hybridized carbons (Fsp3) is 0.238. The van der Waals surface area contributed by atoms with Crippen LogP contribution in [-0.4, -0.2) is 26.6 Å². The standard InChI is InChI=1S/C21H16N6O2S2/c22-8-14-13-5-1-2-6-16(13)31-20(14)25-17(28)11-30-21-26-18(12-4-3-7-24-10-12)15(9-23)19(29)27-21/h3-4,7,10H,1-2,5-6,11H2,(H,25,28)(H,26,27,29). The fourth-order valence-corrected chi connectivity index (χ4v) is 5.32. The summed E-state index contributed by atoms with van der Waals surface area (Å²) in [7, 11) is 0. The van der Waals surface area contributed by atoms with Gasteiger partial charge in [-0.25, -0.2) is 4.98 Å². The highest BCUT2D eigenvalue weighted by atomic mass is 32.2. The van der Waals surface area contributed by atoms with Gasteiger partial charge in [-0.2, -0.15) is 10.5 Å². The van der Waals surface area contributed by atoms with Crippen LogP contribution in [0.15, 0.2) is 34.5 Å². The lowest BCUT2D eigenvalue weighted by Crippen LogP contribution is -2.17. The number of fused-ring (bicyclic) bond motifs is 1. The first-order chi connectivity index (χ1) is 15.1. The number of anilines is 1. The number of thiophene rings is 1. The number of pyridine rings is 1. The molecule has 0 bridgehead atoms. The molecule has 0 radical (unpaired) electrons. The number of nitrogens with one attached hydrogen (secondary N) is 2. The molecule has 1 aliphatic carbocycles. The Morgan fingerprint density at radius 3 is 2.81 bits per heavy atom. The number of aromatic amines is 1. The average Bonchev–Trinajstić information content (AvgIpc) is 3.14. The zero-order chi connectivity index (χ0) is 21.8. The Bertz CT molecular complexity index is 1280. The molecule has 1 aliphatic rings. The summed E-state index contributed by atoms with van der Waals surface area (Å²) in [6.07, 6.45) is 7.06. The number of thioether (sulfide) groups is 1. The van der Waals surface area contributed by atoms with E-state index in [0.717, 1.165) is 43.0 Å². The van der Waals surface area contributed by atoms with E-state index in [1.807, 2.05) is 6.07 Å². The molecule has 8 nitrogen and oxygen atoms in total. The van der Waals surface area contributed by atoms with Gasteiger partial charge in [0.1, 0.15) is 22.7 Å². The van der Waals surface area contributed by atoms with E-state index in [-0.39, 0.29) is 28.1 Å². The van der Waals surface area contributed by atoms with Gasteiger partial charge in [0.25, 0.3) is 5.56 Å². The Morgan fingerprint density at radius 2 is 2.06 bits per heavy atom. The van der Waals surface area contributed by atoms with Crippen LogP contribution in [0.3, 0.4) is 0 Å². The Balaban J connectivity index is 1.51. The van der Waals surface area contributed by atoms with Crippen molar-refractivity contribution in [2.75, 3.05) is 11.1 Å². The van der Waals surface area contributed by atoms with E-state index >= 15 is 0 Å². The highest BCUT2D eigenvalue weighted by Crippen LogP contribution is 2.37. The molecule has 3 aromatic rings. The van der Waals surface area contributed by atoms with Gasteiger partial charge >= 0.3 is 0 Å². The predicted molar refractivity (Wildman–Crippen MR) is 118 cm³/mol. The lowest BCUT2D eigenvalue weighted by atomic mass is 9.96. The van der Waals surface area contributed by atoms with Gasteiger partial charge in [-0.3, -0.25) is 14.6 Å². The number of hydrogen-bond acceptors (Lipinski definition) is 8. The molecule has 154 valence electrons. The number of rotatable bonds is 5. The van der Waals surface area contributed by atoms with Crippen LogP contribution in [0.1, 0.15) is 34.4 Å². The third-order valence-electron chi connectivity index (χ3n) is 4.82. The maximum atomic E-state index is 12.5. The van der Waals surface area contributed by atoms with Crippen molar-refractivity contribution in [3.8, 4) is 23.4 Å². The number of aryl methyl sites for hydroxylation is 1. The molecule has 0 saturated carbocycles. The van der Waals surface area contributed by atoms with E-state index < -0.39 is 5.56 Å². The Hall–Kier alpha value is -3.47. The molecule has 3 heterocycles. The van der Waals surface area contributed by atoms with E-state index in [1.165, 1.54) is 22.4 Å². The van der Waals surface area contributed by atoms with Crippen molar-refractivity contribution in [3.05, 3.63) is 56.4 Å². The molecule has 0 atom stereocenters. The zero-order valence-electron chi connectivity index (χ0n) is 16.3. The first-order valence-corrected chi connectivity index (χ1v) is 11.3. The summed E-state index contributed by atoms with van der Waals surface area (Å²) in [6, 6.07) is 7.49. The number of amides is 1. The molecule has 1 amide bonds. The summed E-state index contributed by atoms with van der Waals surface area (Å²) in [6.45, 7) is 0. The van der Waals surface area contributed by atoms with Crippen molar-refractivity contribution in [2.24, 2.45) is 0 Å². The maximum Gasteiger partial charge on any atom is 0.270 e. The molecule has 0 saturated heterocycles. The molecule has 10 heteroatoms. The van der Waals surface area contributed by atoms with Crippen LogP contribution in [0.25, 0.3) is 11.3 Å². The lowest BCUT2D eigenvalue weighted by molar-refractivity contribution is -0.113. The number of aromatic nitrogens is 3. The number of hydrogen-bond donors (Lipinski definition) is 2. The van der Waals surface area contributed by atoms with Crippen molar-refractivity contribution < 1.29 is 4.79 Å². The van der Waals surface area contributed by atoms with Crippen LogP contribution in [0.5, 0.6) is 0 Å². The van der Waals surface area contributed by atoms with Gasteiger partial charge in [0, 0.05) is 22.8 Å². The third-order valence-corrected chi connectivity index (χ3v) is 6.90. The molecular formula is C21H16N6O2S2. The van der Waals surface area contributed by atoms with Gasteiger partial charge < -0.3 is 10.3 Å². The maximum absolute atomic E-state index is 12.5. The largest absolute Gasteiger partial charge is 0.316 e. The first-order valence-electron chi connectivity index (χ1n) is 9.52. The van der Waals surface area contributed by atoms with Crippen molar-refractivity contribution in [2.45, 2.75) is 30.8 Å². The van der Waals surface area contributed by atoms with Crippen LogP contribution in [-0.2, 0) is 17.6 Å². The molecule has 2 N–H and O–H groups in total. The van der Waals surface area contributed by atoms with Gasteiger partial charge in [-0.05, 0) is 43.4 Å². The molecule has 0 spiro atoms. The molecule has 0 unspecified atom stereocenters. The van der Waals surface area contributed by atoms with Crippen LogP contribution in [0, 0.1) is 22.7 Å². The Morgan fingerprint density at radius 1 is 1.26 bits per heavy atom. The number of nitrogens with zero attached hydrogens (tertiary/aromatic N) is 4. The molecule has 0 aromatic carbocycles. The Kier molecular flexibility index (Phi) is 6.12. The van der Waals surface area contributed by atoms with E-state index in [4.69, 9.17) is 0 Å². The lowest BCUT2D eigenvalue weighted by Gasteiger charge is -2.09. The number of nitriles is 2. The van der Waals surface area contributed by atoms with Crippen molar-refractivity contribution in [3.63, 3.8) is 0 Å². The van der Waals surface area contributed by atoms with Crippen LogP contribution < -0.4 is 10.9 Å². The second-order valence-corrected chi connectivity index (χ2v) is 8.88.